The zero-order chi connectivity index (χ0) is 31.1. The minimum absolute atomic E-state index is 0.0139. The molecule has 0 atom stereocenters. The zero-order valence-electron chi connectivity index (χ0n) is 28.1. The van der Waals surface area contributed by atoms with Gasteiger partial charge in [0, 0.05) is 0 Å². The van der Waals surface area contributed by atoms with E-state index in [9.17, 15) is 8.42 Å². The minimum Gasteiger partial charge on any atom is -0.266 e. The lowest BCUT2D eigenvalue weighted by molar-refractivity contribution is 0.357. The van der Waals surface area contributed by atoms with Gasteiger partial charge in [0.1, 0.15) is 0 Å². The van der Waals surface area contributed by atoms with Crippen LogP contribution >= 0.6 is 0 Å². The second kappa shape index (κ2) is 23.6. The van der Waals surface area contributed by atoms with Crippen LogP contribution in [0, 0.1) is 0 Å². The molecule has 0 saturated heterocycles. The van der Waals surface area contributed by atoms with Crippen molar-refractivity contribution in [3.63, 3.8) is 0 Å². The van der Waals surface area contributed by atoms with Crippen LogP contribution in [-0.2, 0) is 14.3 Å². The van der Waals surface area contributed by atoms with E-state index in [4.69, 9.17) is 4.18 Å². The molecule has 0 aromatic carbocycles. The highest BCUT2D eigenvalue weighted by molar-refractivity contribution is 7.86. The van der Waals surface area contributed by atoms with E-state index < -0.39 is 10.1 Å². The van der Waals surface area contributed by atoms with E-state index in [0.717, 1.165) is 69.8 Å². The first-order valence-corrected chi connectivity index (χ1v) is 17.4. The Labute approximate surface area is 255 Å². The number of hydrogen-bond acceptors (Lipinski definition) is 3. The maximum absolute atomic E-state index is 11.4. The van der Waals surface area contributed by atoms with Crippen LogP contribution in [0.3, 0.4) is 0 Å². The Hall–Kier alpha value is -1.91. The van der Waals surface area contributed by atoms with Crippen molar-refractivity contribution < 1.29 is 12.6 Å². The number of rotatable bonds is 22. The Morgan fingerprint density at radius 1 is 0.463 bits per heavy atom. The second-order valence-corrected chi connectivity index (χ2v) is 13.9. The van der Waals surface area contributed by atoms with Crippen LogP contribution in [0.2, 0.25) is 0 Å². The molecule has 4 heteroatoms. The summed E-state index contributed by atoms with van der Waals surface area (Å²) in [6.07, 6.45) is 29.4. The Morgan fingerprint density at radius 2 is 0.732 bits per heavy atom. The van der Waals surface area contributed by atoms with E-state index in [1.165, 1.54) is 46.3 Å². The predicted molar refractivity (Wildman–Crippen MR) is 183 cm³/mol. The van der Waals surface area contributed by atoms with Crippen LogP contribution in [0.25, 0.3) is 0 Å². The van der Waals surface area contributed by atoms with Gasteiger partial charge in [-0.3, -0.25) is 4.18 Å². The van der Waals surface area contributed by atoms with Gasteiger partial charge >= 0.3 is 0 Å². The van der Waals surface area contributed by atoms with E-state index in [0.29, 0.717) is 0 Å². The summed E-state index contributed by atoms with van der Waals surface area (Å²) in [5, 5.41) is 0. The summed E-state index contributed by atoms with van der Waals surface area (Å²) in [5.41, 5.74) is 9.98. The van der Waals surface area contributed by atoms with Crippen molar-refractivity contribution in [2.24, 2.45) is 0 Å². The highest BCUT2D eigenvalue weighted by Crippen LogP contribution is 2.16. The predicted octanol–water partition coefficient (Wildman–Crippen LogP) is 11.7. The first-order chi connectivity index (χ1) is 19.3. The first-order valence-electron chi connectivity index (χ1n) is 15.8. The van der Waals surface area contributed by atoms with Crippen LogP contribution in [0.1, 0.15) is 139 Å². The molecule has 234 valence electrons. The molecule has 0 aliphatic rings. The van der Waals surface area contributed by atoms with Gasteiger partial charge in [0.25, 0.3) is 10.1 Å². The van der Waals surface area contributed by atoms with Gasteiger partial charge in [-0.25, -0.2) is 0 Å². The molecule has 0 spiro atoms. The third-order valence-corrected chi connectivity index (χ3v) is 8.48. The first kappa shape index (κ1) is 39.1. The van der Waals surface area contributed by atoms with Crippen molar-refractivity contribution in [1.82, 2.24) is 0 Å². The molecule has 0 aromatic heterocycles. The van der Waals surface area contributed by atoms with E-state index >= 15 is 0 Å². The molecular weight excluding hydrogens is 524 g/mol. The van der Waals surface area contributed by atoms with Crippen molar-refractivity contribution in [2.75, 3.05) is 12.4 Å². The van der Waals surface area contributed by atoms with Crippen molar-refractivity contribution in [3.8, 4) is 0 Å². The molecule has 0 unspecified atom stereocenters. The van der Waals surface area contributed by atoms with Crippen molar-refractivity contribution >= 4 is 10.1 Å². The summed E-state index contributed by atoms with van der Waals surface area (Å²) in [4.78, 5) is 0. The van der Waals surface area contributed by atoms with Gasteiger partial charge in [-0.05, 0) is 139 Å². The van der Waals surface area contributed by atoms with Crippen LogP contribution in [0.5, 0.6) is 0 Å². The molecule has 0 rings (SSSR count). The zero-order valence-corrected chi connectivity index (χ0v) is 28.9. The van der Waals surface area contributed by atoms with Crippen LogP contribution < -0.4 is 0 Å². The summed E-state index contributed by atoms with van der Waals surface area (Å²) in [6.45, 7) is 19.3. The van der Waals surface area contributed by atoms with Gasteiger partial charge in [0.2, 0.25) is 0 Å². The molecular formula is C37H62O3S. The van der Waals surface area contributed by atoms with E-state index in [1.54, 1.807) is 6.92 Å². The lowest BCUT2D eigenvalue weighted by Gasteiger charge is -2.04. The topological polar surface area (TPSA) is 43.4 Å². The maximum atomic E-state index is 11.4. The lowest BCUT2D eigenvalue weighted by Crippen LogP contribution is -2.08. The van der Waals surface area contributed by atoms with Crippen molar-refractivity contribution in [2.45, 2.75) is 139 Å². The SMILES string of the molecule is CCS(=O)(=O)OC/C=C(\C)CCC=C(C)CC/C=C(\C)CCC=C(C)CCC=C(C)CCC=C(C)CCC=C(C)C. The maximum Gasteiger partial charge on any atom is 0.267 e. The molecule has 0 aromatic rings. The fraction of sp³-hybridized carbons (Fsp3) is 0.622. The molecule has 0 aliphatic carbocycles. The second-order valence-electron chi connectivity index (χ2n) is 11.9. The lowest BCUT2D eigenvalue weighted by atomic mass is 10.0. The average molecular weight is 587 g/mol. The quantitative estimate of drug-likeness (QED) is 0.0936. The summed E-state index contributed by atoms with van der Waals surface area (Å²) >= 11 is 0. The number of hydrogen-bond donors (Lipinski definition) is 0. The molecule has 0 bridgehead atoms. The summed E-state index contributed by atoms with van der Waals surface area (Å²) < 4.78 is 27.7. The largest absolute Gasteiger partial charge is 0.267 e. The molecule has 41 heavy (non-hydrogen) atoms. The molecule has 0 radical (unpaired) electrons. The molecule has 0 amide bonds. The van der Waals surface area contributed by atoms with Gasteiger partial charge in [0.15, 0.2) is 0 Å². The van der Waals surface area contributed by atoms with Crippen molar-refractivity contribution in [3.05, 3.63) is 81.5 Å². The summed E-state index contributed by atoms with van der Waals surface area (Å²) in [5.74, 6) is 0.0139. The highest BCUT2D eigenvalue weighted by atomic mass is 32.2. The van der Waals surface area contributed by atoms with E-state index in [-0.39, 0.29) is 12.4 Å². The van der Waals surface area contributed by atoms with Gasteiger partial charge < -0.3 is 0 Å². The van der Waals surface area contributed by atoms with Gasteiger partial charge in [0.05, 0.1) is 12.4 Å². The summed E-state index contributed by atoms with van der Waals surface area (Å²) in [6, 6.07) is 0. The minimum atomic E-state index is -3.36. The fourth-order valence-corrected chi connectivity index (χ4v) is 4.74. The normalized spacial score (nSPS) is 14.6. The average Bonchev–Trinajstić information content (AvgIpc) is 2.88. The van der Waals surface area contributed by atoms with Gasteiger partial charge in [-0.2, -0.15) is 8.42 Å². The van der Waals surface area contributed by atoms with Crippen LogP contribution in [-0.4, -0.2) is 20.8 Å². The molecule has 0 saturated carbocycles. The van der Waals surface area contributed by atoms with Crippen LogP contribution in [0.4, 0.5) is 0 Å². The Morgan fingerprint density at radius 3 is 1.00 bits per heavy atom. The van der Waals surface area contributed by atoms with Crippen LogP contribution in [0.15, 0.2) is 81.5 Å². The van der Waals surface area contributed by atoms with Crippen molar-refractivity contribution in [1.29, 1.82) is 0 Å². The van der Waals surface area contributed by atoms with Gasteiger partial charge in [-0.15, -0.1) is 0 Å². The summed E-state index contributed by atoms with van der Waals surface area (Å²) in [7, 11) is -3.36. The molecule has 0 aliphatic heterocycles. The molecule has 0 heterocycles. The van der Waals surface area contributed by atoms with E-state index in [1.807, 2.05) is 13.0 Å². The Balaban J connectivity index is 4.20. The monoisotopic (exact) mass is 586 g/mol. The fourth-order valence-electron chi connectivity index (χ4n) is 4.30. The Kier molecular flexibility index (Phi) is 22.5. The third kappa shape index (κ3) is 25.5. The van der Waals surface area contributed by atoms with E-state index in [2.05, 4.69) is 84.9 Å². The smallest absolute Gasteiger partial charge is 0.266 e. The molecule has 0 N–H and O–H groups in total. The molecule has 0 fully saturated rings. The standard InChI is InChI=1S/C37H62O3S/c1-10-41(38,39)40-30-29-37(9)28-16-27-36(8)26-15-25-35(7)24-14-23-34(6)22-13-21-33(5)20-12-19-32(4)18-11-17-31(2)3/h17,19,21,23,25,27,29H,10-16,18,20,22,24,26,28,30H2,1-9H3/b32-19?,33-21?,34-23?,35-25+,36-27?,37-29+. The number of allylic oxidation sites excluding steroid dienone is 13. The van der Waals surface area contributed by atoms with Gasteiger partial charge in [-0.1, -0.05) is 81.5 Å². The Bertz CT molecular complexity index is 1060. The molecule has 3 nitrogen and oxygen atoms in total. The third-order valence-electron chi connectivity index (χ3n) is 7.28. The highest BCUT2D eigenvalue weighted by Gasteiger charge is 2.05.